The summed E-state index contributed by atoms with van der Waals surface area (Å²) in [7, 11) is 0. The molecule has 0 bridgehead atoms. The Hall–Kier alpha value is -3.13. The van der Waals surface area contributed by atoms with Gasteiger partial charge < -0.3 is 9.47 Å². The van der Waals surface area contributed by atoms with Gasteiger partial charge in [-0.1, -0.05) is 17.7 Å². The van der Waals surface area contributed by atoms with E-state index in [4.69, 9.17) is 21.1 Å². The van der Waals surface area contributed by atoms with Crippen LogP contribution in [0, 0.1) is 6.92 Å². The van der Waals surface area contributed by atoms with E-state index < -0.39 is 17.7 Å². The lowest BCUT2D eigenvalue weighted by Crippen LogP contribution is -2.35. The zero-order valence-electron chi connectivity index (χ0n) is 17.5. The first-order valence-electron chi connectivity index (χ1n) is 9.42. The zero-order valence-corrected chi connectivity index (χ0v) is 18.2. The third-order valence-electron chi connectivity index (χ3n) is 4.08. The molecule has 2 heterocycles. The van der Waals surface area contributed by atoms with E-state index in [1.54, 1.807) is 71.1 Å². The number of amides is 1. The summed E-state index contributed by atoms with van der Waals surface area (Å²) in [6, 6.07) is 8.21. The first-order chi connectivity index (χ1) is 14.1. The van der Waals surface area contributed by atoms with Gasteiger partial charge in [0.05, 0.1) is 24.1 Å². The largest absolute Gasteiger partial charge is 0.462 e. The van der Waals surface area contributed by atoms with E-state index in [1.165, 1.54) is 9.42 Å². The Kier molecular flexibility index (Phi) is 5.98. The van der Waals surface area contributed by atoms with E-state index in [0.717, 1.165) is 0 Å². The lowest BCUT2D eigenvalue weighted by Gasteiger charge is -2.29. The number of carbonyl (C=O) groups is 2. The van der Waals surface area contributed by atoms with Gasteiger partial charge in [0.2, 0.25) is 0 Å². The van der Waals surface area contributed by atoms with Crippen molar-refractivity contribution in [3.63, 3.8) is 0 Å². The minimum absolute atomic E-state index is 0.230. The molecule has 0 N–H and O–H groups in total. The molecule has 0 aliphatic carbocycles. The summed E-state index contributed by atoms with van der Waals surface area (Å²) in [5.74, 6) is -0.123. The molecular formula is C21H23ClN4O4. The fraction of sp³-hybridized carbons (Fsp3) is 0.333. The van der Waals surface area contributed by atoms with Crippen LogP contribution in [0.2, 0.25) is 5.15 Å². The molecule has 9 heteroatoms. The number of hydrogen-bond acceptors (Lipinski definition) is 6. The molecule has 1 amide bonds. The van der Waals surface area contributed by atoms with Crippen LogP contribution in [0.3, 0.4) is 0 Å². The van der Waals surface area contributed by atoms with Crippen molar-refractivity contribution in [3.05, 3.63) is 52.8 Å². The van der Waals surface area contributed by atoms with Crippen LogP contribution in [0.4, 0.5) is 16.3 Å². The topological polar surface area (TPSA) is 86.0 Å². The number of fused-ring (bicyclic) bond motifs is 1. The molecule has 0 atom stereocenters. The van der Waals surface area contributed by atoms with E-state index in [0.29, 0.717) is 28.3 Å². The summed E-state index contributed by atoms with van der Waals surface area (Å²) in [5, 5.41) is 4.52. The van der Waals surface area contributed by atoms with Crippen LogP contribution in [-0.4, -0.2) is 38.9 Å². The molecule has 0 saturated heterocycles. The number of anilines is 2. The molecule has 0 unspecified atom stereocenters. The van der Waals surface area contributed by atoms with Gasteiger partial charge in [-0.2, -0.15) is 9.61 Å². The van der Waals surface area contributed by atoms with Crippen molar-refractivity contribution in [2.24, 2.45) is 0 Å². The summed E-state index contributed by atoms with van der Waals surface area (Å²) < 4.78 is 12.2. The molecule has 0 saturated carbocycles. The van der Waals surface area contributed by atoms with Gasteiger partial charge in [0, 0.05) is 11.6 Å². The highest BCUT2D eigenvalue weighted by molar-refractivity contribution is 6.30. The molecular weight excluding hydrogens is 408 g/mol. The highest BCUT2D eigenvalue weighted by atomic mass is 35.5. The van der Waals surface area contributed by atoms with Crippen molar-refractivity contribution in [1.82, 2.24) is 14.6 Å². The van der Waals surface area contributed by atoms with Crippen molar-refractivity contribution in [2.45, 2.75) is 40.2 Å². The number of nitrogens with zero attached hydrogens (tertiary/aromatic N) is 4. The van der Waals surface area contributed by atoms with Gasteiger partial charge in [-0.25, -0.2) is 19.5 Å². The van der Waals surface area contributed by atoms with Crippen molar-refractivity contribution in [1.29, 1.82) is 0 Å². The van der Waals surface area contributed by atoms with Crippen molar-refractivity contribution >= 4 is 40.8 Å². The molecule has 3 rings (SSSR count). The van der Waals surface area contributed by atoms with Gasteiger partial charge in [-0.05, 0) is 52.8 Å². The van der Waals surface area contributed by atoms with Crippen LogP contribution in [-0.2, 0) is 9.47 Å². The second-order valence-corrected chi connectivity index (χ2v) is 7.90. The van der Waals surface area contributed by atoms with E-state index in [-0.39, 0.29) is 11.8 Å². The van der Waals surface area contributed by atoms with Crippen molar-refractivity contribution in [2.75, 3.05) is 11.5 Å². The second kappa shape index (κ2) is 8.31. The fourth-order valence-corrected chi connectivity index (χ4v) is 3.02. The number of aromatic nitrogens is 3. The maximum Gasteiger partial charge on any atom is 0.420 e. The zero-order chi connectivity index (χ0) is 22.1. The maximum atomic E-state index is 13.3. The molecule has 3 aromatic rings. The standard InChI is InChI=1S/C21H23ClN4O4/c1-6-29-19(27)14-8-7-9-15(12-14)25(20(28)30-21(3,4)5)18-13(2)17(22)24-16-10-11-23-26(16)18/h7-12H,6H2,1-5H3. The summed E-state index contributed by atoms with van der Waals surface area (Å²) in [4.78, 5) is 31.1. The Morgan fingerprint density at radius 2 is 1.97 bits per heavy atom. The summed E-state index contributed by atoms with van der Waals surface area (Å²) in [6.45, 7) is 9.02. The molecule has 0 fully saturated rings. The number of benzene rings is 1. The summed E-state index contributed by atoms with van der Waals surface area (Å²) in [5.41, 5.74) is 0.951. The monoisotopic (exact) mass is 430 g/mol. The van der Waals surface area contributed by atoms with Crippen molar-refractivity contribution < 1.29 is 19.1 Å². The lowest BCUT2D eigenvalue weighted by molar-refractivity contribution is 0.0523. The van der Waals surface area contributed by atoms with Gasteiger partial charge in [-0.3, -0.25) is 0 Å². The van der Waals surface area contributed by atoms with Gasteiger partial charge in [0.1, 0.15) is 10.8 Å². The van der Waals surface area contributed by atoms with Gasteiger partial charge in [-0.15, -0.1) is 0 Å². The predicted molar refractivity (Wildman–Crippen MR) is 114 cm³/mol. The minimum Gasteiger partial charge on any atom is -0.462 e. The van der Waals surface area contributed by atoms with Crippen LogP contribution < -0.4 is 4.90 Å². The van der Waals surface area contributed by atoms with Gasteiger partial charge in [0.15, 0.2) is 11.5 Å². The molecule has 1 aromatic carbocycles. The Morgan fingerprint density at radius 1 is 1.23 bits per heavy atom. The third-order valence-corrected chi connectivity index (χ3v) is 4.45. The third kappa shape index (κ3) is 4.38. The molecule has 0 aliphatic heterocycles. The van der Waals surface area contributed by atoms with E-state index in [1.807, 2.05) is 0 Å². The number of halogens is 1. The number of hydrogen-bond donors (Lipinski definition) is 0. The predicted octanol–water partition coefficient (Wildman–Crippen LogP) is 4.94. The average Bonchev–Trinajstić information content (AvgIpc) is 3.12. The fourth-order valence-electron chi connectivity index (χ4n) is 2.85. The number of carbonyl (C=O) groups excluding carboxylic acids is 2. The van der Waals surface area contributed by atoms with Crippen LogP contribution in [0.5, 0.6) is 0 Å². The Bertz CT molecular complexity index is 1100. The average molecular weight is 431 g/mol. The van der Waals surface area contributed by atoms with Gasteiger partial charge in [0.25, 0.3) is 0 Å². The molecule has 0 spiro atoms. The number of rotatable bonds is 4. The van der Waals surface area contributed by atoms with Crippen molar-refractivity contribution in [3.8, 4) is 0 Å². The molecule has 0 aliphatic rings. The highest BCUT2D eigenvalue weighted by Crippen LogP contribution is 2.33. The lowest BCUT2D eigenvalue weighted by atomic mass is 10.1. The quantitative estimate of drug-likeness (QED) is 0.430. The van der Waals surface area contributed by atoms with Crippen LogP contribution in [0.25, 0.3) is 5.65 Å². The second-order valence-electron chi connectivity index (χ2n) is 7.54. The van der Waals surface area contributed by atoms with Crippen LogP contribution in [0.1, 0.15) is 43.6 Å². The van der Waals surface area contributed by atoms with E-state index in [2.05, 4.69) is 10.1 Å². The Balaban J connectivity index is 2.23. The first-order valence-corrected chi connectivity index (χ1v) is 9.80. The highest BCUT2D eigenvalue weighted by Gasteiger charge is 2.30. The number of ether oxygens (including phenoxy) is 2. The maximum absolute atomic E-state index is 13.3. The van der Waals surface area contributed by atoms with Crippen LogP contribution in [0.15, 0.2) is 36.5 Å². The SMILES string of the molecule is CCOC(=O)c1cccc(N(C(=O)OC(C)(C)C)c2c(C)c(Cl)nc3ccnn23)c1. The van der Waals surface area contributed by atoms with E-state index in [9.17, 15) is 9.59 Å². The number of esters is 1. The molecule has 2 aromatic heterocycles. The Labute approximate surface area is 179 Å². The normalized spacial score (nSPS) is 11.4. The van der Waals surface area contributed by atoms with Crippen LogP contribution >= 0.6 is 11.6 Å². The summed E-state index contributed by atoms with van der Waals surface area (Å²) >= 11 is 6.34. The molecule has 158 valence electrons. The Morgan fingerprint density at radius 3 is 2.63 bits per heavy atom. The molecule has 30 heavy (non-hydrogen) atoms. The minimum atomic E-state index is -0.748. The van der Waals surface area contributed by atoms with Gasteiger partial charge >= 0.3 is 12.1 Å². The van der Waals surface area contributed by atoms with E-state index >= 15 is 0 Å². The smallest absolute Gasteiger partial charge is 0.420 e. The molecule has 0 radical (unpaired) electrons. The first kappa shape index (κ1) is 21.6. The molecule has 8 nitrogen and oxygen atoms in total. The summed E-state index contributed by atoms with van der Waals surface area (Å²) in [6.07, 6.45) is 0.912.